The second-order valence-corrected chi connectivity index (χ2v) is 14.9. The number of rotatable bonds is 5. The zero-order chi connectivity index (χ0) is 24.8. The van der Waals surface area contributed by atoms with Crippen LogP contribution in [0.1, 0.15) is 54.3 Å². The van der Waals surface area contributed by atoms with Crippen molar-refractivity contribution in [2.45, 2.75) is 56.8 Å². The fourth-order valence-electron chi connectivity index (χ4n) is 5.81. The molecule has 3 aromatic rings. The Hall–Kier alpha value is -3.06. The van der Waals surface area contributed by atoms with Gasteiger partial charge in [-0.2, -0.15) is 0 Å². The van der Waals surface area contributed by atoms with E-state index in [-0.39, 0.29) is 35.0 Å². The maximum Gasteiger partial charge on any atom is 0.261 e. The summed E-state index contributed by atoms with van der Waals surface area (Å²) in [5.41, 5.74) is 7.64. The molecule has 2 amide bonds. The largest absolute Gasteiger partial charge is 0.403 e. The minimum absolute atomic E-state index is 0.178. The van der Waals surface area contributed by atoms with E-state index >= 15 is 0 Å². The zero-order valence-electron chi connectivity index (χ0n) is 20.5. The van der Waals surface area contributed by atoms with Crippen molar-refractivity contribution in [1.82, 2.24) is 4.90 Å². The van der Waals surface area contributed by atoms with Crippen LogP contribution in [0.4, 0.5) is 0 Å². The molecule has 180 valence electrons. The molecular formula is C29H32N2O3Si. The number of hydrogen-bond donors (Lipinski definition) is 1. The molecule has 0 saturated heterocycles. The molecule has 0 bridgehead atoms. The maximum atomic E-state index is 13.1. The molecule has 2 N–H and O–H groups in total. The Labute approximate surface area is 208 Å². The quantitative estimate of drug-likeness (QED) is 0.443. The third-order valence-electron chi connectivity index (χ3n) is 7.46. The number of nitrogens with zero attached hydrogens (tertiary/aromatic N) is 1. The standard InChI is InChI=1S/C29H32N2O3Si/c1-29(2,3)35(21-12-6-4-7-13-21,22-14-8-5-9-15-22)34-26-19-20(18-25(26)30)31-27(32)23-16-10-11-17-24(23)28(31)33/h4-17,20,25-26H,18-19,30H2,1-3H3/t20-,25+,26+/m1/s1. The van der Waals surface area contributed by atoms with Gasteiger partial charge in [0.1, 0.15) is 0 Å². The number of amides is 2. The van der Waals surface area contributed by atoms with Crippen LogP contribution >= 0.6 is 0 Å². The normalized spacial score (nSPS) is 22.5. The smallest absolute Gasteiger partial charge is 0.261 e. The molecule has 35 heavy (non-hydrogen) atoms. The average molecular weight is 485 g/mol. The highest BCUT2D eigenvalue weighted by molar-refractivity contribution is 6.99. The third-order valence-corrected chi connectivity index (χ3v) is 12.5. The Bertz CT molecular complexity index is 1170. The lowest BCUT2D eigenvalue weighted by Gasteiger charge is -2.45. The van der Waals surface area contributed by atoms with Crippen LogP contribution in [0, 0.1) is 0 Å². The molecule has 0 radical (unpaired) electrons. The number of hydrogen-bond acceptors (Lipinski definition) is 4. The van der Waals surface area contributed by atoms with Gasteiger partial charge < -0.3 is 10.2 Å². The van der Waals surface area contributed by atoms with E-state index in [0.29, 0.717) is 24.0 Å². The van der Waals surface area contributed by atoms with Gasteiger partial charge in [-0.3, -0.25) is 14.5 Å². The molecule has 3 atom stereocenters. The third kappa shape index (κ3) is 3.86. The van der Waals surface area contributed by atoms with Crippen molar-refractivity contribution >= 4 is 30.5 Å². The van der Waals surface area contributed by atoms with E-state index in [2.05, 4.69) is 69.3 Å². The number of carbonyl (C=O) groups is 2. The average Bonchev–Trinajstić information content (AvgIpc) is 3.33. The van der Waals surface area contributed by atoms with Gasteiger partial charge in [0.05, 0.1) is 17.2 Å². The molecule has 1 aliphatic carbocycles. The van der Waals surface area contributed by atoms with E-state index in [0.717, 1.165) is 0 Å². The van der Waals surface area contributed by atoms with E-state index in [1.807, 2.05) is 12.1 Å². The summed E-state index contributed by atoms with van der Waals surface area (Å²) in [5.74, 6) is -0.456. The van der Waals surface area contributed by atoms with Crippen LogP contribution in [-0.2, 0) is 4.43 Å². The van der Waals surface area contributed by atoms with Gasteiger partial charge in [-0.15, -0.1) is 0 Å². The Morgan fingerprint density at radius 1 is 0.771 bits per heavy atom. The Morgan fingerprint density at radius 3 is 1.69 bits per heavy atom. The summed E-state index contributed by atoms with van der Waals surface area (Å²) in [6, 6.07) is 27.4. The number of imide groups is 1. The first-order valence-electron chi connectivity index (χ1n) is 12.3. The van der Waals surface area contributed by atoms with E-state index in [1.54, 1.807) is 24.3 Å². The van der Waals surface area contributed by atoms with Gasteiger partial charge in [-0.1, -0.05) is 93.6 Å². The van der Waals surface area contributed by atoms with Crippen LogP contribution in [-0.4, -0.2) is 43.2 Å². The molecule has 1 heterocycles. The van der Waals surface area contributed by atoms with Crippen LogP contribution in [0.25, 0.3) is 0 Å². The van der Waals surface area contributed by atoms with Crippen molar-refractivity contribution in [3.8, 4) is 0 Å². The fraction of sp³-hybridized carbons (Fsp3) is 0.310. The number of fused-ring (bicyclic) bond motifs is 1. The summed E-state index contributed by atoms with van der Waals surface area (Å²) in [4.78, 5) is 27.7. The predicted octanol–water partition coefficient (Wildman–Crippen LogP) is 3.72. The molecule has 1 saturated carbocycles. The lowest BCUT2D eigenvalue weighted by atomic mass is 10.1. The molecule has 3 aromatic carbocycles. The highest BCUT2D eigenvalue weighted by Crippen LogP contribution is 2.41. The topological polar surface area (TPSA) is 72.6 Å². The predicted molar refractivity (Wildman–Crippen MR) is 140 cm³/mol. The molecule has 6 heteroatoms. The van der Waals surface area contributed by atoms with Crippen LogP contribution < -0.4 is 16.1 Å². The molecular weight excluding hydrogens is 452 g/mol. The minimum Gasteiger partial charge on any atom is -0.403 e. The molecule has 0 aromatic heterocycles. The molecule has 1 fully saturated rings. The summed E-state index contributed by atoms with van der Waals surface area (Å²) in [6.07, 6.45) is 0.807. The first-order chi connectivity index (χ1) is 16.7. The molecule has 1 aliphatic heterocycles. The summed E-state index contributed by atoms with van der Waals surface area (Å²) in [6.45, 7) is 6.71. The lowest BCUT2D eigenvalue weighted by Crippen LogP contribution is -2.68. The fourth-order valence-corrected chi connectivity index (χ4v) is 10.5. The van der Waals surface area contributed by atoms with Gasteiger partial charge in [-0.05, 0) is 40.4 Å². The molecule has 0 spiro atoms. The molecule has 5 rings (SSSR count). The van der Waals surface area contributed by atoms with Gasteiger partial charge in [-0.25, -0.2) is 0 Å². The van der Waals surface area contributed by atoms with Crippen LogP contribution in [0.3, 0.4) is 0 Å². The molecule has 2 aliphatic rings. The van der Waals surface area contributed by atoms with Crippen molar-refractivity contribution in [2.75, 3.05) is 0 Å². The summed E-state index contributed by atoms with van der Waals surface area (Å²) in [5, 5.41) is 2.20. The zero-order valence-corrected chi connectivity index (χ0v) is 21.5. The molecule has 5 nitrogen and oxygen atoms in total. The highest BCUT2D eigenvalue weighted by Gasteiger charge is 2.54. The first kappa shape index (κ1) is 23.7. The van der Waals surface area contributed by atoms with Gasteiger partial charge in [0, 0.05) is 12.1 Å². The van der Waals surface area contributed by atoms with Gasteiger partial charge >= 0.3 is 0 Å². The van der Waals surface area contributed by atoms with Crippen molar-refractivity contribution in [3.63, 3.8) is 0 Å². The van der Waals surface area contributed by atoms with Crippen LogP contribution in [0.5, 0.6) is 0 Å². The monoisotopic (exact) mass is 484 g/mol. The first-order valence-corrected chi connectivity index (χ1v) is 14.2. The van der Waals surface area contributed by atoms with E-state index in [9.17, 15) is 9.59 Å². The molecule has 0 unspecified atom stereocenters. The second-order valence-electron chi connectivity index (χ2n) is 10.6. The van der Waals surface area contributed by atoms with Crippen LogP contribution in [0.15, 0.2) is 84.9 Å². The van der Waals surface area contributed by atoms with Gasteiger partial charge in [0.15, 0.2) is 0 Å². The van der Waals surface area contributed by atoms with E-state index in [4.69, 9.17) is 10.2 Å². The summed E-state index contributed by atoms with van der Waals surface area (Å²) >= 11 is 0. The Morgan fingerprint density at radius 2 is 1.23 bits per heavy atom. The van der Waals surface area contributed by atoms with Crippen LogP contribution in [0.2, 0.25) is 5.04 Å². The van der Waals surface area contributed by atoms with Crippen molar-refractivity contribution < 1.29 is 14.0 Å². The lowest BCUT2D eigenvalue weighted by molar-refractivity contribution is 0.0577. The van der Waals surface area contributed by atoms with E-state index < -0.39 is 8.32 Å². The number of carbonyl (C=O) groups excluding carboxylic acids is 2. The maximum absolute atomic E-state index is 13.1. The Kier molecular flexibility index (Phi) is 5.99. The summed E-state index contributed by atoms with van der Waals surface area (Å²) in [7, 11) is -2.79. The van der Waals surface area contributed by atoms with Crippen molar-refractivity contribution in [3.05, 3.63) is 96.1 Å². The number of nitrogens with two attached hydrogens (primary N) is 1. The van der Waals surface area contributed by atoms with Gasteiger partial charge in [0.2, 0.25) is 0 Å². The van der Waals surface area contributed by atoms with Crippen molar-refractivity contribution in [2.24, 2.45) is 5.73 Å². The summed E-state index contributed by atoms with van der Waals surface area (Å²) < 4.78 is 7.25. The number of benzene rings is 3. The minimum atomic E-state index is -2.79. The second kappa shape index (κ2) is 8.86. The van der Waals surface area contributed by atoms with Crippen molar-refractivity contribution in [1.29, 1.82) is 0 Å². The van der Waals surface area contributed by atoms with Gasteiger partial charge in [0.25, 0.3) is 20.1 Å². The van der Waals surface area contributed by atoms with E-state index in [1.165, 1.54) is 15.3 Å². The SMILES string of the molecule is CC(C)(C)[Si](O[C@H]1C[C@H](N2C(=O)c3ccccc3C2=O)C[C@@H]1N)(c1ccccc1)c1ccccc1. The Balaban J connectivity index is 1.51. The highest BCUT2D eigenvalue weighted by atomic mass is 28.4.